The number of urea groups is 1. The molecule has 8 heteroatoms. The van der Waals surface area contributed by atoms with Gasteiger partial charge < -0.3 is 20.3 Å². The van der Waals surface area contributed by atoms with Gasteiger partial charge in [-0.1, -0.05) is 0 Å². The number of anilines is 1. The molecular formula is C17H22N4O4. The average molecular weight is 346 g/mol. The molecule has 2 heterocycles. The van der Waals surface area contributed by atoms with Crippen LogP contribution in [0.3, 0.4) is 0 Å². The second kappa shape index (κ2) is 7.62. The number of nitrogens with one attached hydrogen (secondary N) is 2. The first kappa shape index (κ1) is 17.4. The molecule has 3 rings (SSSR count). The molecule has 1 aromatic rings. The highest BCUT2D eigenvalue weighted by atomic mass is 16.5. The maximum atomic E-state index is 12.5. The Morgan fingerprint density at radius 3 is 2.64 bits per heavy atom. The predicted octanol–water partition coefficient (Wildman–Crippen LogP) is 0.756. The van der Waals surface area contributed by atoms with Gasteiger partial charge in [-0.05, 0) is 24.6 Å². The number of methoxy groups -OCH3 is 1. The molecule has 1 aromatic carbocycles. The number of benzene rings is 1. The summed E-state index contributed by atoms with van der Waals surface area (Å²) in [6.07, 6.45) is 0.592. The van der Waals surface area contributed by atoms with E-state index in [2.05, 4.69) is 10.6 Å². The number of imide groups is 1. The van der Waals surface area contributed by atoms with Crippen LogP contribution in [0.15, 0.2) is 18.2 Å². The summed E-state index contributed by atoms with van der Waals surface area (Å²) in [6, 6.07) is 4.63. The van der Waals surface area contributed by atoms with Crippen LogP contribution in [0.2, 0.25) is 0 Å². The topological polar surface area (TPSA) is 91.0 Å². The number of piperazine rings is 1. The number of hydrogen-bond acceptors (Lipinski definition) is 5. The number of hydrogen-bond donors (Lipinski definition) is 2. The van der Waals surface area contributed by atoms with Gasteiger partial charge in [-0.25, -0.2) is 4.79 Å². The lowest BCUT2D eigenvalue weighted by molar-refractivity contribution is 0.0638. The van der Waals surface area contributed by atoms with Gasteiger partial charge in [0.05, 0.1) is 11.1 Å². The Morgan fingerprint density at radius 1 is 1.20 bits per heavy atom. The van der Waals surface area contributed by atoms with E-state index in [1.54, 1.807) is 30.2 Å². The highest BCUT2D eigenvalue weighted by molar-refractivity contribution is 6.21. The highest BCUT2D eigenvalue weighted by Gasteiger charge is 2.35. The van der Waals surface area contributed by atoms with E-state index in [0.29, 0.717) is 49.5 Å². The molecule has 25 heavy (non-hydrogen) atoms. The lowest BCUT2D eigenvalue weighted by Crippen LogP contribution is -2.48. The molecule has 0 atom stereocenters. The standard InChI is InChI=1S/C17H22N4O4/c1-25-10-2-7-21-15(22)13-4-3-12(11-14(13)16(21)23)19-17(24)20-8-5-18-6-9-20/h3-4,11,18H,2,5-10H2,1H3,(H,19,24). The highest BCUT2D eigenvalue weighted by Crippen LogP contribution is 2.26. The van der Waals surface area contributed by atoms with Crippen molar-refractivity contribution < 1.29 is 19.1 Å². The second-order valence-electron chi connectivity index (χ2n) is 6.04. The van der Waals surface area contributed by atoms with E-state index in [9.17, 15) is 14.4 Å². The molecule has 4 amide bonds. The van der Waals surface area contributed by atoms with Crippen molar-refractivity contribution in [3.8, 4) is 0 Å². The Morgan fingerprint density at radius 2 is 1.92 bits per heavy atom. The monoisotopic (exact) mass is 346 g/mol. The molecule has 1 saturated heterocycles. The maximum absolute atomic E-state index is 12.5. The maximum Gasteiger partial charge on any atom is 0.321 e. The van der Waals surface area contributed by atoms with E-state index in [0.717, 1.165) is 13.1 Å². The molecule has 1 fully saturated rings. The van der Waals surface area contributed by atoms with Crippen LogP contribution in [-0.2, 0) is 4.74 Å². The molecule has 134 valence electrons. The fraction of sp³-hybridized carbons (Fsp3) is 0.471. The van der Waals surface area contributed by atoms with E-state index in [1.165, 1.54) is 4.90 Å². The Balaban J connectivity index is 1.69. The second-order valence-corrected chi connectivity index (χ2v) is 6.04. The summed E-state index contributed by atoms with van der Waals surface area (Å²) in [7, 11) is 1.58. The van der Waals surface area contributed by atoms with E-state index in [-0.39, 0.29) is 17.8 Å². The Labute approximate surface area is 146 Å². The lowest BCUT2D eigenvalue weighted by atomic mass is 10.1. The molecule has 0 spiro atoms. The third kappa shape index (κ3) is 3.64. The Bertz CT molecular complexity index is 685. The van der Waals surface area contributed by atoms with Gasteiger partial charge in [-0.2, -0.15) is 0 Å². The lowest BCUT2D eigenvalue weighted by Gasteiger charge is -2.27. The van der Waals surface area contributed by atoms with Crippen LogP contribution in [0.4, 0.5) is 10.5 Å². The molecule has 2 aliphatic heterocycles. The molecule has 0 unspecified atom stereocenters. The first-order chi connectivity index (χ1) is 12.1. The number of rotatable bonds is 5. The first-order valence-corrected chi connectivity index (χ1v) is 8.37. The first-order valence-electron chi connectivity index (χ1n) is 8.37. The third-order valence-corrected chi connectivity index (χ3v) is 4.36. The third-order valence-electron chi connectivity index (χ3n) is 4.36. The normalized spacial score (nSPS) is 17.0. The van der Waals surface area contributed by atoms with Crippen LogP contribution in [-0.4, -0.2) is 74.1 Å². The van der Waals surface area contributed by atoms with Crippen molar-refractivity contribution in [2.45, 2.75) is 6.42 Å². The quantitative estimate of drug-likeness (QED) is 0.607. The zero-order valence-electron chi connectivity index (χ0n) is 14.2. The smallest absolute Gasteiger partial charge is 0.321 e. The summed E-state index contributed by atoms with van der Waals surface area (Å²) in [6.45, 7) is 3.62. The van der Waals surface area contributed by atoms with Gasteiger partial charge in [0.15, 0.2) is 0 Å². The zero-order chi connectivity index (χ0) is 17.8. The molecule has 2 N–H and O–H groups in total. The minimum absolute atomic E-state index is 0.199. The number of carbonyl (C=O) groups is 3. The number of amides is 4. The largest absolute Gasteiger partial charge is 0.385 e. The van der Waals surface area contributed by atoms with Crippen molar-refractivity contribution in [1.82, 2.24) is 15.1 Å². The fourth-order valence-corrected chi connectivity index (χ4v) is 3.01. The zero-order valence-corrected chi connectivity index (χ0v) is 14.2. The van der Waals surface area contributed by atoms with Gasteiger partial charge in [0.2, 0.25) is 0 Å². The van der Waals surface area contributed by atoms with Crippen LogP contribution in [0.1, 0.15) is 27.1 Å². The number of ether oxygens (including phenoxy) is 1. The van der Waals surface area contributed by atoms with Crippen LogP contribution < -0.4 is 10.6 Å². The summed E-state index contributed by atoms with van der Waals surface area (Å²) in [5, 5.41) is 5.99. The van der Waals surface area contributed by atoms with Crippen molar-refractivity contribution in [2.24, 2.45) is 0 Å². The summed E-state index contributed by atoms with van der Waals surface area (Å²) in [5.74, 6) is -0.620. The van der Waals surface area contributed by atoms with Gasteiger partial charge in [0.25, 0.3) is 11.8 Å². The van der Waals surface area contributed by atoms with Gasteiger partial charge in [0, 0.05) is 52.1 Å². The van der Waals surface area contributed by atoms with Crippen molar-refractivity contribution >= 4 is 23.5 Å². The predicted molar refractivity (Wildman–Crippen MR) is 91.8 cm³/mol. The number of nitrogens with zero attached hydrogens (tertiary/aromatic N) is 2. The summed E-state index contributed by atoms with van der Waals surface area (Å²) < 4.78 is 4.96. The minimum Gasteiger partial charge on any atom is -0.385 e. The van der Waals surface area contributed by atoms with E-state index < -0.39 is 0 Å². The van der Waals surface area contributed by atoms with E-state index in [4.69, 9.17) is 4.74 Å². The average Bonchev–Trinajstić information content (AvgIpc) is 2.87. The molecule has 0 aromatic heterocycles. The van der Waals surface area contributed by atoms with Gasteiger partial charge in [-0.3, -0.25) is 14.5 Å². The number of fused-ring (bicyclic) bond motifs is 1. The van der Waals surface area contributed by atoms with Gasteiger partial charge >= 0.3 is 6.03 Å². The summed E-state index contributed by atoms with van der Waals surface area (Å²) in [4.78, 5) is 40.0. The van der Waals surface area contributed by atoms with Crippen LogP contribution >= 0.6 is 0 Å². The van der Waals surface area contributed by atoms with E-state index in [1.807, 2.05) is 0 Å². The fourth-order valence-electron chi connectivity index (χ4n) is 3.01. The van der Waals surface area contributed by atoms with E-state index >= 15 is 0 Å². The number of carbonyl (C=O) groups excluding carboxylic acids is 3. The Hall–Kier alpha value is -2.45. The molecular weight excluding hydrogens is 324 g/mol. The van der Waals surface area contributed by atoms with Crippen molar-refractivity contribution in [3.63, 3.8) is 0 Å². The summed E-state index contributed by atoms with van der Waals surface area (Å²) in [5.41, 5.74) is 1.23. The SMILES string of the molecule is COCCCN1C(=O)c2ccc(NC(=O)N3CCNCC3)cc2C1=O. The van der Waals surface area contributed by atoms with Crippen molar-refractivity contribution in [1.29, 1.82) is 0 Å². The molecule has 0 radical (unpaired) electrons. The Kier molecular flexibility index (Phi) is 5.30. The van der Waals surface area contributed by atoms with Crippen LogP contribution in [0, 0.1) is 0 Å². The molecule has 8 nitrogen and oxygen atoms in total. The van der Waals surface area contributed by atoms with Gasteiger partial charge in [-0.15, -0.1) is 0 Å². The minimum atomic E-state index is -0.325. The molecule has 0 saturated carbocycles. The van der Waals surface area contributed by atoms with Crippen LogP contribution in [0.5, 0.6) is 0 Å². The molecule has 2 aliphatic rings. The summed E-state index contributed by atoms with van der Waals surface area (Å²) >= 11 is 0. The molecule has 0 bridgehead atoms. The molecule has 0 aliphatic carbocycles. The van der Waals surface area contributed by atoms with Crippen molar-refractivity contribution in [3.05, 3.63) is 29.3 Å². The van der Waals surface area contributed by atoms with Crippen molar-refractivity contribution in [2.75, 3.05) is 51.8 Å². The van der Waals surface area contributed by atoms with Crippen LogP contribution in [0.25, 0.3) is 0 Å². The van der Waals surface area contributed by atoms with Gasteiger partial charge in [0.1, 0.15) is 0 Å².